The van der Waals surface area contributed by atoms with Crippen LogP contribution < -0.4 is 11.2 Å². The van der Waals surface area contributed by atoms with Gasteiger partial charge < -0.3 is 10.7 Å². The van der Waals surface area contributed by atoms with Gasteiger partial charge in [-0.05, 0) is 50.7 Å². The molecule has 3 aromatic rings. The van der Waals surface area contributed by atoms with E-state index in [-0.39, 0.29) is 21.9 Å². The van der Waals surface area contributed by atoms with E-state index in [1.54, 1.807) is 6.07 Å². The quantitative estimate of drug-likeness (QED) is 0.709. The monoisotopic (exact) mass is 394 g/mol. The number of halogens is 1. The van der Waals surface area contributed by atoms with Crippen molar-refractivity contribution in [1.82, 2.24) is 15.0 Å². The Morgan fingerprint density at radius 2 is 2.14 bits per heavy atom. The van der Waals surface area contributed by atoms with Crippen molar-refractivity contribution in [2.45, 2.75) is 38.0 Å². The minimum atomic E-state index is -0.733. The van der Waals surface area contributed by atoms with Crippen LogP contribution in [0.15, 0.2) is 29.2 Å². The van der Waals surface area contributed by atoms with Gasteiger partial charge >= 0.3 is 0 Å². The zero-order chi connectivity index (χ0) is 19.6. The van der Waals surface area contributed by atoms with Crippen molar-refractivity contribution in [3.8, 4) is 11.3 Å². The van der Waals surface area contributed by atoms with Crippen LogP contribution in [0.25, 0.3) is 22.2 Å². The molecule has 2 bridgehead atoms. The molecule has 0 saturated heterocycles. The molecule has 1 amide bonds. The molecule has 3 N–H and O–H groups in total. The fourth-order valence-electron chi connectivity index (χ4n) is 5.00. The third kappa shape index (κ3) is 2.41. The molecule has 6 nitrogen and oxygen atoms in total. The second-order valence-electron chi connectivity index (χ2n) is 8.04. The molecule has 28 heavy (non-hydrogen) atoms. The lowest BCUT2D eigenvalue weighted by Crippen LogP contribution is -2.33. The molecule has 0 atom stereocenters. The number of fused-ring (bicyclic) bond motifs is 2. The Kier molecular flexibility index (Phi) is 3.65. The predicted molar refractivity (Wildman–Crippen MR) is 107 cm³/mol. The molecule has 0 aliphatic heterocycles. The zero-order valence-electron chi connectivity index (χ0n) is 15.4. The smallest absolute Gasteiger partial charge is 0.268 e. The highest BCUT2D eigenvalue weighted by Gasteiger charge is 2.53. The number of pyridine rings is 3. The minimum Gasteiger partial charge on any atom is -0.364 e. The van der Waals surface area contributed by atoms with Gasteiger partial charge in [-0.3, -0.25) is 19.6 Å². The average molecular weight is 395 g/mol. The number of H-pyrrole nitrogens is 1. The molecule has 0 radical (unpaired) electrons. The molecule has 3 heterocycles. The Labute approximate surface area is 166 Å². The van der Waals surface area contributed by atoms with Crippen LogP contribution in [0, 0.1) is 12.8 Å². The Hall–Kier alpha value is -2.73. The summed E-state index contributed by atoms with van der Waals surface area (Å²) in [5.74, 6) is 0.0893. The van der Waals surface area contributed by atoms with Crippen molar-refractivity contribution >= 4 is 28.4 Å². The van der Waals surface area contributed by atoms with Crippen molar-refractivity contribution in [2.24, 2.45) is 11.7 Å². The summed E-state index contributed by atoms with van der Waals surface area (Å²) in [5.41, 5.74) is 8.84. The van der Waals surface area contributed by atoms with Gasteiger partial charge in [0, 0.05) is 28.9 Å². The van der Waals surface area contributed by atoms with Gasteiger partial charge in [0.15, 0.2) is 5.43 Å². The third-order valence-electron chi connectivity index (χ3n) is 6.32. The van der Waals surface area contributed by atoms with Crippen LogP contribution in [-0.4, -0.2) is 20.9 Å². The number of hydrogen-bond donors (Lipinski definition) is 2. The van der Waals surface area contributed by atoms with Crippen LogP contribution in [0.3, 0.4) is 0 Å². The first-order chi connectivity index (χ1) is 13.4. The Bertz CT molecular complexity index is 1210. The molecule has 0 aromatic carbocycles. The second kappa shape index (κ2) is 5.88. The van der Waals surface area contributed by atoms with E-state index >= 15 is 0 Å². The molecule has 6 rings (SSSR count). The number of hydrogen-bond acceptors (Lipinski definition) is 4. The van der Waals surface area contributed by atoms with Crippen molar-refractivity contribution in [3.05, 3.63) is 56.7 Å². The SMILES string of the molecule is Cc1nc(C23CCC(C2)C3)c(Cl)cc1-c1cc(=O)c2c(C(N)=O)nccc2[nH]1. The van der Waals surface area contributed by atoms with E-state index in [0.29, 0.717) is 16.2 Å². The number of amides is 1. The number of carbonyl (C=O) groups excluding carboxylic acids is 1. The highest BCUT2D eigenvalue weighted by atomic mass is 35.5. The summed E-state index contributed by atoms with van der Waals surface area (Å²) in [6.45, 7) is 1.93. The second-order valence-corrected chi connectivity index (χ2v) is 8.45. The number of carbonyl (C=O) groups is 1. The van der Waals surface area contributed by atoms with E-state index in [9.17, 15) is 9.59 Å². The van der Waals surface area contributed by atoms with Crippen LogP contribution in [0.4, 0.5) is 0 Å². The van der Waals surface area contributed by atoms with E-state index in [4.69, 9.17) is 22.3 Å². The number of aryl methyl sites for hydroxylation is 1. The Balaban J connectivity index is 1.66. The summed E-state index contributed by atoms with van der Waals surface area (Å²) in [6.07, 6.45) is 6.21. The number of nitrogens with zero attached hydrogens (tertiary/aromatic N) is 2. The molecule has 3 aliphatic rings. The Morgan fingerprint density at radius 1 is 1.36 bits per heavy atom. The van der Waals surface area contributed by atoms with E-state index < -0.39 is 5.91 Å². The standard InChI is InChI=1S/C21H19ClN4O2/c1-10-12(6-13(22)19(25-10)21-4-2-11(8-21)9-21)15-7-16(27)17-14(26-15)3-5-24-18(17)20(23)28/h3,5-7,11H,2,4,8-9H2,1H3,(H2,23,28)(H,26,27). The summed E-state index contributed by atoms with van der Waals surface area (Å²) in [7, 11) is 0. The van der Waals surface area contributed by atoms with Crippen molar-refractivity contribution in [2.75, 3.05) is 0 Å². The first-order valence-electron chi connectivity index (χ1n) is 9.38. The Morgan fingerprint density at radius 3 is 2.82 bits per heavy atom. The van der Waals surface area contributed by atoms with Crippen LogP contribution >= 0.6 is 11.6 Å². The van der Waals surface area contributed by atoms with Crippen LogP contribution in [0.5, 0.6) is 0 Å². The highest BCUT2D eigenvalue weighted by molar-refractivity contribution is 6.31. The largest absolute Gasteiger partial charge is 0.364 e. The van der Waals surface area contributed by atoms with E-state index in [1.807, 2.05) is 13.0 Å². The maximum atomic E-state index is 12.7. The average Bonchev–Trinajstić information content (AvgIpc) is 3.24. The first-order valence-corrected chi connectivity index (χ1v) is 9.76. The molecular formula is C21H19ClN4O2. The normalized spacial score (nSPS) is 23.0. The summed E-state index contributed by atoms with van der Waals surface area (Å²) >= 11 is 6.64. The molecule has 0 unspecified atom stereocenters. The van der Waals surface area contributed by atoms with E-state index in [1.165, 1.54) is 31.5 Å². The fourth-order valence-corrected chi connectivity index (χ4v) is 5.35. The number of primary amides is 1. The number of rotatable bonds is 3. The van der Waals surface area contributed by atoms with Crippen molar-refractivity contribution in [1.29, 1.82) is 0 Å². The molecule has 3 fully saturated rings. The van der Waals surface area contributed by atoms with E-state index in [2.05, 4.69) is 9.97 Å². The summed E-state index contributed by atoms with van der Waals surface area (Å²) in [4.78, 5) is 36.3. The van der Waals surface area contributed by atoms with Gasteiger partial charge in [0.2, 0.25) is 0 Å². The molecule has 142 valence electrons. The van der Waals surface area contributed by atoms with Gasteiger partial charge in [0.25, 0.3) is 5.91 Å². The zero-order valence-corrected chi connectivity index (χ0v) is 16.1. The lowest BCUT2D eigenvalue weighted by atomic mass is 9.67. The lowest BCUT2D eigenvalue weighted by Gasteiger charge is -2.38. The predicted octanol–water partition coefficient (Wildman–Crippen LogP) is 3.49. The third-order valence-corrected chi connectivity index (χ3v) is 6.61. The molecule has 3 aliphatic carbocycles. The molecule has 3 aromatic heterocycles. The van der Waals surface area contributed by atoms with Gasteiger partial charge in [-0.2, -0.15) is 0 Å². The van der Waals surface area contributed by atoms with Gasteiger partial charge in [-0.15, -0.1) is 0 Å². The number of aromatic amines is 1. The fraction of sp³-hybridized carbons (Fsp3) is 0.333. The van der Waals surface area contributed by atoms with E-state index in [0.717, 1.165) is 29.3 Å². The maximum absolute atomic E-state index is 12.7. The topological polar surface area (TPSA) is 102 Å². The van der Waals surface area contributed by atoms with Crippen LogP contribution in [0.1, 0.15) is 47.6 Å². The minimum absolute atomic E-state index is 0.0339. The number of nitrogens with two attached hydrogens (primary N) is 1. The maximum Gasteiger partial charge on any atom is 0.268 e. The lowest BCUT2D eigenvalue weighted by molar-refractivity contribution is 0.0997. The van der Waals surface area contributed by atoms with Crippen LogP contribution in [0.2, 0.25) is 5.02 Å². The van der Waals surface area contributed by atoms with Gasteiger partial charge in [-0.1, -0.05) is 11.6 Å². The number of nitrogens with one attached hydrogen (secondary N) is 1. The van der Waals surface area contributed by atoms with Crippen LogP contribution in [-0.2, 0) is 5.41 Å². The van der Waals surface area contributed by atoms with Gasteiger partial charge in [0.05, 0.1) is 27.3 Å². The summed E-state index contributed by atoms with van der Waals surface area (Å²) in [6, 6.07) is 4.99. The number of aromatic nitrogens is 3. The molecule has 7 heteroatoms. The molecule has 0 spiro atoms. The van der Waals surface area contributed by atoms with Crippen molar-refractivity contribution in [3.63, 3.8) is 0 Å². The van der Waals surface area contributed by atoms with Crippen molar-refractivity contribution < 1.29 is 4.79 Å². The summed E-state index contributed by atoms with van der Waals surface area (Å²) < 4.78 is 0. The molecular weight excluding hydrogens is 376 g/mol. The van der Waals surface area contributed by atoms with Gasteiger partial charge in [0.1, 0.15) is 5.69 Å². The summed E-state index contributed by atoms with van der Waals surface area (Å²) in [5, 5.41) is 0.840. The molecule has 3 saturated carbocycles. The first kappa shape index (κ1) is 17.4. The highest BCUT2D eigenvalue weighted by Crippen LogP contribution is 2.60. The van der Waals surface area contributed by atoms with Gasteiger partial charge in [-0.25, -0.2) is 0 Å².